The maximum Gasteiger partial charge on any atom is 0.226 e. The van der Waals surface area contributed by atoms with Crippen LogP contribution in [0.1, 0.15) is 23.6 Å². The van der Waals surface area contributed by atoms with Gasteiger partial charge in [-0.1, -0.05) is 12.1 Å². The van der Waals surface area contributed by atoms with Crippen LogP contribution in [0.15, 0.2) is 48.8 Å². The van der Waals surface area contributed by atoms with E-state index in [2.05, 4.69) is 10.3 Å². The van der Waals surface area contributed by atoms with Crippen molar-refractivity contribution in [1.29, 1.82) is 0 Å². The lowest BCUT2D eigenvalue weighted by atomic mass is 9.93. The van der Waals surface area contributed by atoms with Crippen LogP contribution in [0.25, 0.3) is 0 Å². The second kappa shape index (κ2) is 7.42. The first-order chi connectivity index (χ1) is 12.1. The fraction of sp³-hybridized carbons (Fsp3) is 0.316. The van der Waals surface area contributed by atoms with E-state index in [1.807, 2.05) is 12.1 Å². The average Bonchev–Trinajstić information content (AvgIpc) is 2.91. The zero-order chi connectivity index (χ0) is 17.8. The predicted molar refractivity (Wildman–Crippen MR) is 91.0 cm³/mol. The van der Waals surface area contributed by atoms with Crippen LogP contribution in [0, 0.1) is 11.7 Å². The van der Waals surface area contributed by atoms with E-state index >= 15 is 0 Å². The number of rotatable bonds is 5. The van der Waals surface area contributed by atoms with Crippen LogP contribution in [0.5, 0.6) is 0 Å². The molecule has 1 saturated heterocycles. The number of aromatic nitrogens is 1. The first kappa shape index (κ1) is 17.1. The van der Waals surface area contributed by atoms with E-state index in [0.29, 0.717) is 18.5 Å². The molecule has 25 heavy (non-hydrogen) atoms. The van der Waals surface area contributed by atoms with Gasteiger partial charge in [0.2, 0.25) is 11.8 Å². The molecule has 0 bridgehead atoms. The van der Waals surface area contributed by atoms with Gasteiger partial charge in [-0.3, -0.25) is 14.6 Å². The van der Waals surface area contributed by atoms with E-state index in [1.165, 1.54) is 17.0 Å². The summed E-state index contributed by atoms with van der Waals surface area (Å²) in [7, 11) is 1.65. The Morgan fingerprint density at radius 1 is 1.32 bits per heavy atom. The SMILES string of the molecule is CN1C(=O)C[C@H](C(=O)NCCc2ccncc2)[C@@H]1c1cccc(F)c1. The van der Waals surface area contributed by atoms with Gasteiger partial charge in [0.25, 0.3) is 0 Å². The van der Waals surface area contributed by atoms with Crippen LogP contribution in [-0.2, 0) is 16.0 Å². The van der Waals surface area contributed by atoms with Gasteiger partial charge in [-0.15, -0.1) is 0 Å². The second-order valence-corrected chi connectivity index (χ2v) is 6.21. The molecule has 0 spiro atoms. The Kier molecular flexibility index (Phi) is 5.07. The Balaban J connectivity index is 1.68. The molecule has 0 saturated carbocycles. The van der Waals surface area contributed by atoms with Gasteiger partial charge < -0.3 is 10.2 Å². The van der Waals surface area contributed by atoms with Gasteiger partial charge in [-0.2, -0.15) is 0 Å². The van der Waals surface area contributed by atoms with Crippen molar-refractivity contribution in [3.8, 4) is 0 Å². The number of carbonyl (C=O) groups excluding carboxylic acids is 2. The van der Waals surface area contributed by atoms with Crippen LogP contribution in [0.4, 0.5) is 4.39 Å². The van der Waals surface area contributed by atoms with Crippen LogP contribution >= 0.6 is 0 Å². The summed E-state index contributed by atoms with van der Waals surface area (Å²) >= 11 is 0. The van der Waals surface area contributed by atoms with Crippen molar-refractivity contribution in [3.63, 3.8) is 0 Å². The second-order valence-electron chi connectivity index (χ2n) is 6.21. The Hall–Kier alpha value is -2.76. The van der Waals surface area contributed by atoms with E-state index in [1.54, 1.807) is 31.6 Å². The number of pyridine rings is 1. The zero-order valence-corrected chi connectivity index (χ0v) is 14.0. The molecule has 1 aromatic carbocycles. The van der Waals surface area contributed by atoms with Gasteiger partial charge >= 0.3 is 0 Å². The summed E-state index contributed by atoms with van der Waals surface area (Å²) in [6.07, 6.45) is 4.25. The molecule has 1 aliphatic heterocycles. The van der Waals surface area contributed by atoms with Crippen LogP contribution in [0.3, 0.4) is 0 Å². The Morgan fingerprint density at radius 2 is 2.08 bits per heavy atom. The number of nitrogens with one attached hydrogen (secondary N) is 1. The minimum absolute atomic E-state index is 0.108. The molecular weight excluding hydrogens is 321 g/mol. The van der Waals surface area contributed by atoms with Crippen LogP contribution in [0.2, 0.25) is 0 Å². The molecule has 0 aliphatic carbocycles. The summed E-state index contributed by atoms with van der Waals surface area (Å²) < 4.78 is 13.6. The number of hydrogen-bond acceptors (Lipinski definition) is 3. The molecule has 5 nitrogen and oxygen atoms in total. The molecule has 6 heteroatoms. The molecule has 2 heterocycles. The molecule has 2 aromatic rings. The monoisotopic (exact) mass is 341 g/mol. The van der Waals surface area contributed by atoms with Gasteiger partial charge in [-0.05, 0) is 41.8 Å². The number of carbonyl (C=O) groups is 2. The molecule has 2 atom stereocenters. The topological polar surface area (TPSA) is 62.3 Å². The van der Waals surface area contributed by atoms with Gasteiger partial charge in [0.15, 0.2) is 0 Å². The third-order valence-electron chi connectivity index (χ3n) is 4.58. The molecule has 3 rings (SSSR count). The standard InChI is InChI=1S/C19H20FN3O2/c1-23-17(24)12-16(18(23)14-3-2-4-15(20)11-14)19(25)22-10-7-13-5-8-21-9-6-13/h2-6,8-9,11,16,18H,7,10,12H2,1H3,(H,22,25)/t16-,18-/m0/s1. The molecule has 1 aromatic heterocycles. The normalized spacial score (nSPS) is 19.9. The lowest BCUT2D eigenvalue weighted by Gasteiger charge is -2.25. The van der Waals surface area contributed by atoms with E-state index in [-0.39, 0.29) is 24.1 Å². The number of halogens is 1. The van der Waals surface area contributed by atoms with E-state index in [0.717, 1.165) is 5.56 Å². The van der Waals surface area contributed by atoms with Crippen LogP contribution < -0.4 is 5.32 Å². The van der Waals surface area contributed by atoms with Crippen molar-refractivity contribution in [2.45, 2.75) is 18.9 Å². The third-order valence-corrected chi connectivity index (χ3v) is 4.58. The summed E-state index contributed by atoms with van der Waals surface area (Å²) in [6, 6.07) is 9.44. The Labute approximate surface area is 145 Å². The molecule has 2 amide bonds. The first-order valence-electron chi connectivity index (χ1n) is 8.24. The minimum atomic E-state index is -0.517. The van der Waals surface area contributed by atoms with Gasteiger partial charge in [0.1, 0.15) is 5.82 Å². The lowest BCUT2D eigenvalue weighted by molar-refractivity contribution is -0.128. The summed E-state index contributed by atoms with van der Waals surface area (Å²) in [6.45, 7) is 0.479. The molecular formula is C19H20FN3O2. The fourth-order valence-corrected chi connectivity index (χ4v) is 3.26. The summed E-state index contributed by atoms with van der Waals surface area (Å²) in [5.41, 5.74) is 1.72. The highest BCUT2D eigenvalue weighted by molar-refractivity contribution is 5.90. The van der Waals surface area contributed by atoms with Crippen LogP contribution in [-0.4, -0.2) is 35.3 Å². The first-order valence-corrected chi connectivity index (χ1v) is 8.24. The molecule has 130 valence electrons. The third kappa shape index (κ3) is 3.84. The number of likely N-dealkylation sites (tertiary alicyclic amines) is 1. The quantitative estimate of drug-likeness (QED) is 0.906. The largest absolute Gasteiger partial charge is 0.355 e. The maximum absolute atomic E-state index is 13.6. The molecule has 0 unspecified atom stereocenters. The number of hydrogen-bond donors (Lipinski definition) is 1. The summed E-state index contributed by atoms with van der Waals surface area (Å²) in [4.78, 5) is 30.2. The zero-order valence-electron chi connectivity index (χ0n) is 14.0. The molecule has 1 fully saturated rings. The number of amides is 2. The van der Waals surface area contributed by atoms with Gasteiger partial charge in [0, 0.05) is 32.4 Å². The van der Waals surface area contributed by atoms with Crippen molar-refractivity contribution >= 4 is 11.8 Å². The number of nitrogens with zero attached hydrogens (tertiary/aromatic N) is 2. The maximum atomic E-state index is 13.6. The predicted octanol–water partition coefficient (Wildman–Crippen LogP) is 2.10. The molecule has 0 radical (unpaired) electrons. The molecule has 1 aliphatic rings. The average molecular weight is 341 g/mol. The van der Waals surface area contributed by atoms with E-state index < -0.39 is 12.0 Å². The summed E-state index contributed by atoms with van der Waals surface area (Å²) in [5.74, 6) is -1.18. The number of benzene rings is 1. The van der Waals surface area contributed by atoms with E-state index in [4.69, 9.17) is 0 Å². The van der Waals surface area contributed by atoms with Crippen molar-refractivity contribution < 1.29 is 14.0 Å². The van der Waals surface area contributed by atoms with Gasteiger partial charge in [-0.25, -0.2) is 4.39 Å². The Morgan fingerprint density at radius 3 is 2.80 bits per heavy atom. The van der Waals surface area contributed by atoms with Crippen molar-refractivity contribution in [3.05, 3.63) is 65.7 Å². The highest BCUT2D eigenvalue weighted by Crippen LogP contribution is 2.37. The van der Waals surface area contributed by atoms with Crippen molar-refractivity contribution in [2.24, 2.45) is 5.92 Å². The van der Waals surface area contributed by atoms with Crippen molar-refractivity contribution in [2.75, 3.05) is 13.6 Å². The minimum Gasteiger partial charge on any atom is -0.355 e. The van der Waals surface area contributed by atoms with E-state index in [9.17, 15) is 14.0 Å². The highest BCUT2D eigenvalue weighted by atomic mass is 19.1. The smallest absolute Gasteiger partial charge is 0.226 e. The summed E-state index contributed by atoms with van der Waals surface area (Å²) in [5, 5.41) is 2.90. The Bertz CT molecular complexity index is 766. The van der Waals surface area contributed by atoms with Gasteiger partial charge in [0.05, 0.1) is 12.0 Å². The highest BCUT2D eigenvalue weighted by Gasteiger charge is 2.42. The molecule has 1 N–H and O–H groups in total. The fourth-order valence-electron chi connectivity index (χ4n) is 3.26. The van der Waals surface area contributed by atoms with Crippen molar-refractivity contribution in [1.82, 2.24) is 15.2 Å². The lowest BCUT2D eigenvalue weighted by Crippen LogP contribution is -2.35.